The lowest BCUT2D eigenvalue weighted by molar-refractivity contribution is -0.119. The highest BCUT2D eigenvalue weighted by Gasteiger charge is 2.39. The summed E-state index contributed by atoms with van der Waals surface area (Å²) in [7, 11) is 0. The summed E-state index contributed by atoms with van der Waals surface area (Å²) in [5, 5.41) is 0.483. The molecule has 1 aliphatic rings. The molecule has 0 atom stereocenters. The highest BCUT2D eigenvalue weighted by atomic mass is 35.5. The molecule has 0 N–H and O–H groups in total. The van der Waals surface area contributed by atoms with Crippen LogP contribution in [0.1, 0.15) is 16.7 Å². The van der Waals surface area contributed by atoms with Gasteiger partial charge in [0.25, 0.3) is 11.8 Å². The molecule has 2 aromatic rings. The summed E-state index contributed by atoms with van der Waals surface area (Å²) in [6, 6.07) is 12.3. The molecule has 2 aromatic carbocycles. The van der Waals surface area contributed by atoms with E-state index in [9.17, 15) is 9.59 Å². The first kappa shape index (κ1) is 15.8. The van der Waals surface area contributed by atoms with Crippen molar-refractivity contribution in [2.45, 2.75) is 13.8 Å². The summed E-state index contributed by atoms with van der Waals surface area (Å²) in [4.78, 5) is 26.4. The number of rotatable bonds is 2. The smallest absolute Gasteiger partial charge is 0.268 e. The Morgan fingerprint density at radius 2 is 1.52 bits per heavy atom. The van der Waals surface area contributed by atoms with Gasteiger partial charge >= 0.3 is 0 Å². The fraction of sp³-hybridized carbons (Fsp3) is 0.111. The number of halogens is 2. The van der Waals surface area contributed by atoms with E-state index in [0.717, 1.165) is 16.0 Å². The molecule has 23 heavy (non-hydrogen) atoms. The lowest BCUT2D eigenvalue weighted by atomic mass is 10.0. The Balaban J connectivity index is 2.07. The van der Waals surface area contributed by atoms with Crippen LogP contribution in [0.25, 0.3) is 5.57 Å². The Morgan fingerprint density at radius 1 is 0.870 bits per heavy atom. The second-order valence-electron chi connectivity index (χ2n) is 5.43. The van der Waals surface area contributed by atoms with Gasteiger partial charge in [-0.3, -0.25) is 9.59 Å². The van der Waals surface area contributed by atoms with Gasteiger partial charge in [0.15, 0.2) is 0 Å². The van der Waals surface area contributed by atoms with E-state index in [0.29, 0.717) is 16.3 Å². The maximum Gasteiger partial charge on any atom is 0.277 e. The van der Waals surface area contributed by atoms with Gasteiger partial charge in [0, 0.05) is 5.02 Å². The average molecular weight is 346 g/mol. The van der Waals surface area contributed by atoms with Crippen LogP contribution in [-0.2, 0) is 9.59 Å². The van der Waals surface area contributed by atoms with Crippen molar-refractivity contribution < 1.29 is 9.59 Å². The van der Waals surface area contributed by atoms with E-state index in [-0.39, 0.29) is 10.6 Å². The molecular weight excluding hydrogens is 333 g/mol. The van der Waals surface area contributed by atoms with Crippen LogP contribution < -0.4 is 4.90 Å². The number of aryl methyl sites for hydroxylation is 2. The minimum Gasteiger partial charge on any atom is -0.268 e. The van der Waals surface area contributed by atoms with E-state index in [1.54, 1.807) is 37.3 Å². The summed E-state index contributed by atoms with van der Waals surface area (Å²) in [5.41, 5.74) is 3.14. The van der Waals surface area contributed by atoms with E-state index < -0.39 is 11.8 Å². The number of imide groups is 1. The van der Waals surface area contributed by atoms with Crippen molar-refractivity contribution in [3.8, 4) is 0 Å². The monoisotopic (exact) mass is 345 g/mol. The summed E-state index contributed by atoms with van der Waals surface area (Å²) < 4.78 is 0. The van der Waals surface area contributed by atoms with Crippen LogP contribution >= 0.6 is 23.2 Å². The van der Waals surface area contributed by atoms with Crippen molar-refractivity contribution in [1.82, 2.24) is 0 Å². The highest BCUT2D eigenvalue weighted by Crippen LogP contribution is 2.36. The summed E-state index contributed by atoms with van der Waals surface area (Å²) in [6.07, 6.45) is 0. The second-order valence-corrected chi connectivity index (χ2v) is 6.25. The van der Waals surface area contributed by atoms with Crippen molar-refractivity contribution in [2.75, 3.05) is 4.90 Å². The molecule has 0 saturated carbocycles. The van der Waals surface area contributed by atoms with Crippen molar-refractivity contribution in [2.24, 2.45) is 0 Å². The number of amides is 2. The van der Waals surface area contributed by atoms with Crippen molar-refractivity contribution in [3.05, 3.63) is 69.2 Å². The Kier molecular flexibility index (Phi) is 4.00. The third-order valence-corrected chi connectivity index (χ3v) is 4.35. The maximum absolute atomic E-state index is 12.8. The van der Waals surface area contributed by atoms with Crippen molar-refractivity contribution in [1.29, 1.82) is 0 Å². The first-order chi connectivity index (χ1) is 10.9. The van der Waals surface area contributed by atoms with Crippen LogP contribution in [0.2, 0.25) is 5.02 Å². The van der Waals surface area contributed by atoms with Crippen LogP contribution in [0.5, 0.6) is 0 Å². The molecule has 0 radical (unpaired) electrons. The van der Waals surface area contributed by atoms with Gasteiger partial charge in [0.05, 0.1) is 11.3 Å². The SMILES string of the molecule is Cc1ccc(C2=C(Cl)C(=O)N(c3ccc(Cl)cc3C)C2=O)cc1. The van der Waals surface area contributed by atoms with Crippen molar-refractivity contribution in [3.63, 3.8) is 0 Å². The minimum atomic E-state index is -0.516. The van der Waals surface area contributed by atoms with Gasteiger partial charge in [-0.1, -0.05) is 53.0 Å². The molecule has 0 fully saturated rings. The molecule has 1 heterocycles. The van der Waals surface area contributed by atoms with Gasteiger partial charge in [-0.2, -0.15) is 0 Å². The molecule has 0 saturated heterocycles. The normalized spacial score (nSPS) is 14.9. The van der Waals surface area contributed by atoms with Gasteiger partial charge < -0.3 is 0 Å². The Bertz CT molecular complexity index is 854. The summed E-state index contributed by atoms with van der Waals surface area (Å²) >= 11 is 12.1. The Morgan fingerprint density at radius 3 is 2.13 bits per heavy atom. The molecule has 0 unspecified atom stereocenters. The fourth-order valence-corrected chi connectivity index (χ4v) is 3.06. The average Bonchev–Trinajstić information content (AvgIpc) is 2.72. The van der Waals surface area contributed by atoms with E-state index in [1.807, 2.05) is 19.1 Å². The van der Waals surface area contributed by atoms with Crippen molar-refractivity contribution >= 4 is 46.3 Å². The zero-order valence-corrected chi connectivity index (χ0v) is 14.1. The van der Waals surface area contributed by atoms with Crippen LogP contribution in [-0.4, -0.2) is 11.8 Å². The van der Waals surface area contributed by atoms with E-state index in [1.165, 1.54) is 0 Å². The number of carbonyl (C=O) groups excluding carboxylic acids is 2. The van der Waals surface area contributed by atoms with Gasteiger partial charge in [0.2, 0.25) is 0 Å². The molecule has 0 aliphatic carbocycles. The van der Waals surface area contributed by atoms with Crippen LogP contribution in [0.4, 0.5) is 5.69 Å². The zero-order valence-electron chi connectivity index (χ0n) is 12.6. The molecule has 2 amide bonds. The topological polar surface area (TPSA) is 37.4 Å². The van der Waals surface area contributed by atoms with Crippen LogP contribution in [0, 0.1) is 13.8 Å². The number of nitrogens with zero attached hydrogens (tertiary/aromatic N) is 1. The van der Waals surface area contributed by atoms with Crippen LogP contribution in [0.15, 0.2) is 47.5 Å². The third kappa shape index (κ3) is 2.67. The number of hydrogen-bond acceptors (Lipinski definition) is 2. The summed E-state index contributed by atoms with van der Waals surface area (Å²) in [5.74, 6) is -0.938. The molecule has 0 bridgehead atoms. The molecule has 0 aromatic heterocycles. The zero-order chi connectivity index (χ0) is 16.7. The highest BCUT2D eigenvalue weighted by molar-refractivity contribution is 6.60. The molecular formula is C18H13Cl2NO2. The Labute approximate surface area is 144 Å². The lowest BCUT2D eigenvalue weighted by Gasteiger charge is -2.17. The Hall–Kier alpha value is -2.10. The van der Waals surface area contributed by atoms with E-state index in [2.05, 4.69) is 0 Å². The molecule has 3 nitrogen and oxygen atoms in total. The summed E-state index contributed by atoms with van der Waals surface area (Å²) in [6.45, 7) is 3.74. The van der Waals surface area contributed by atoms with E-state index >= 15 is 0 Å². The maximum atomic E-state index is 12.8. The molecule has 116 valence electrons. The predicted octanol–water partition coefficient (Wildman–Crippen LogP) is 4.48. The second kappa shape index (κ2) is 5.84. The molecule has 3 rings (SSSR count). The first-order valence-electron chi connectivity index (χ1n) is 7.02. The number of hydrogen-bond donors (Lipinski definition) is 0. The standard InChI is InChI=1S/C18H13Cl2NO2/c1-10-3-5-12(6-4-10)15-16(20)18(23)21(17(15)22)14-8-7-13(19)9-11(14)2/h3-9H,1-2H3. The van der Waals surface area contributed by atoms with Gasteiger partial charge in [-0.15, -0.1) is 0 Å². The molecule has 1 aliphatic heterocycles. The largest absolute Gasteiger partial charge is 0.277 e. The number of carbonyl (C=O) groups is 2. The third-order valence-electron chi connectivity index (χ3n) is 3.77. The quantitative estimate of drug-likeness (QED) is 0.752. The van der Waals surface area contributed by atoms with Gasteiger partial charge in [-0.25, -0.2) is 4.90 Å². The first-order valence-corrected chi connectivity index (χ1v) is 7.77. The number of anilines is 1. The fourth-order valence-electron chi connectivity index (χ4n) is 2.56. The lowest BCUT2D eigenvalue weighted by Crippen LogP contribution is -2.31. The minimum absolute atomic E-state index is 0.0618. The van der Waals surface area contributed by atoms with Crippen LogP contribution in [0.3, 0.4) is 0 Å². The van der Waals surface area contributed by atoms with E-state index in [4.69, 9.17) is 23.2 Å². The van der Waals surface area contributed by atoms with Gasteiger partial charge in [0.1, 0.15) is 5.03 Å². The molecule has 0 spiro atoms. The predicted molar refractivity (Wildman–Crippen MR) is 92.6 cm³/mol. The van der Waals surface area contributed by atoms with Gasteiger partial charge in [-0.05, 0) is 43.2 Å². The number of benzene rings is 2. The molecule has 5 heteroatoms.